The molecule has 0 saturated heterocycles. The van der Waals surface area contributed by atoms with E-state index in [0.29, 0.717) is 18.3 Å². The summed E-state index contributed by atoms with van der Waals surface area (Å²) in [6.07, 6.45) is 1.73. The lowest BCUT2D eigenvalue weighted by Crippen LogP contribution is -2.01. The molecular weight excluding hydrogens is 238 g/mol. The third-order valence-electron chi connectivity index (χ3n) is 2.80. The van der Waals surface area contributed by atoms with E-state index in [4.69, 9.17) is 4.74 Å². The molecule has 0 spiro atoms. The van der Waals surface area contributed by atoms with Crippen molar-refractivity contribution in [2.75, 3.05) is 12.4 Å². The van der Waals surface area contributed by atoms with E-state index in [-0.39, 0.29) is 0 Å². The average Bonchev–Trinajstić information content (AvgIpc) is 2.40. The molecule has 1 heterocycles. The highest BCUT2D eigenvalue weighted by molar-refractivity contribution is 5.56. The van der Waals surface area contributed by atoms with Crippen LogP contribution in [0.5, 0.6) is 0 Å². The molecule has 2 aromatic rings. The Morgan fingerprint density at radius 2 is 2.11 bits per heavy atom. The Morgan fingerprint density at radius 1 is 1.26 bits per heavy atom. The zero-order chi connectivity index (χ0) is 13.7. The van der Waals surface area contributed by atoms with E-state index >= 15 is 0 Å². The van der Waals surface area contributed by atoms with Crippen LogP contribution in [-0.2, 0) is 11.3 Å². The van der Waals surface area contributed by atoms with Gasteiger partial charge in [0, 0.05) is 19.0 Å². The number of rotatable bonds is 5. The smallest absolute Gasteiger partial charge is 0.156 e. The van der Waals surface area contributed by atoms with Gasteiger partial charge in [0.25, 0.3) is 0 Å². The Bertz CT molecular complexity index is 540. The van der Waals surface area contributed by atoms with Gasteiger partial charge in [0.1, 0.15) is 12.4 Å². The van der Waals surface area contributed by atoms with Gasteiger partial charge in [-0.05, 0) is 29.7 Å². The molecule has 0 saturated carbocycles. The summed E-state index contributed by atoms with van der Waals surface area (Å²) in [6.45, 7) is 4.78. The molecular formula is C15H19N3O. The molecule has 1 N–H and O–H groups in total. The number of nitrogens with one attached hydrogen (secondary N) is 1. The molecule has 2 rings (SSSR count). The maximum atomic E-state index is 5.03. The van der Waals surface area contributed by atoms with Gasteiger partial charge in [0.15, 0.2) is 5.82 Å². The monoisotopic (exact) mass is 257 g/mol. The van der Waals surface area contributed by atoms with Crippen LogP contribution < -0.4 is 5.32 Å². The molecule has 0 amide bonds. The Hall–Kier alpha value is -1.94. The lowest BCUT2D eigenvalue weighted by Gasteiger charge is -2.10. The number of benzene rings is 1. The van der Waals surface area contributed by atoms with Crippen LogP contribution in [0.4, 0.5) is 11.5 Å². The number of ether oxygens (including phenoxy) is 1. The summed E-state index contributed by atoms with van der Waals surface area (Å²) in [4.78, 5) is 8.53. The van der Waals surface area contributed by atoms with Crippen molar-refractivity contribution < 1.29 is 4.74 Å². The van der Waals surface area contributed by atoms with Crippen LogP contribution in [0, 0.1) is 0 Å². The number of hydrogen-bond acceptors (Lipinski definition) is 4. The van der Waals surface area contributed by atoms with Gasteiger partial charge in [-0.3, -0.25) is 0 Å². The minimum absolute atomic E-state index is 0.418. The fourth-order valence-corrected chi connectivity index (χ4v) is 1.79. The maximum absolute atomic E-state index is 5.03. The molecule has 0 aliphatic carbocycles. The van der Waals surface area contributed by atoms with E-state index in [2.05, 4.69) is 47.3 Å². The predicted molar refractivity (Wildman–Crippen MR) is 76.6 cm³/mol. The molecule has 0 unspecified atom stereocenters. The third kappa shape index (κ3) is 3.76. The number of methoxy groups -OCH3 is 1. The van der Waals surface area contributed by atoms with E-state index < -0.39 is 0 Å². The van der Waals surface area contributed by atoms with Gasteiger partial charge in [-0.25, -0.2) is 9.97 Å². The van der Waals surface area contributed by atoms with Crippen molar-refractivity contribution >= 4 is 11.5 Å². The van der Waals surface area contributed by atoms with E-state index in [1.165, 1.54) is 5.56 Å². The minimum Gasteiger partial charge on any atom is -0.377 e. The van der Waals surface area contributed by atoms with Gasteiger partial charge in [-0.2, -0.15) is 0 Å². The first-order chi connectivity index (χ1) is 9.19. The van der Waals surface area contributed by atoms with Crippen LogP contribution in [0.2, 0.25) is 0 Å². The van der Waals surface area contributed by atoms with E-state index in [9.17, 15) is 0 Å². The van der Waals surface area contributed by atoms with Crippen molar-refractivity contribution in [3.8, 4) is 0 Å². The summed E-state index contributed by atoms with van der Waals surface area (Å²) in [5.41, 5.74) is 2.34. The normalized spacial score (nSPS) is 10.7. The molecule has 1 aromatic heterocycles. The number of anilines is 2. The molecule has 0 fully saturated rings. The van der Waals surface area contributed by atoms with Crippen molar-refractivity contribution in [2.45, 2.75) is 26.4 Å². The van der Waals surface area contributed by atoms with Gasteiger partial charge in [-0.15, -0.1) is 0 Å². The Kier molecular flexibility index (Phi) is 4.47. The van der Waals surface area contributed by atoms with Gasteiger partial charge in [0.05, 0.1) is 0 Å². The predicted octanol–water partition coefficient (Wildman–Crippen LogP) is 3.49. The highest BCUT2D eigenvalue weighted by atomic mass is 16.5. The summed E-state index contributed by atoms with van der Waals surface area (Å²) >= 11 is 0. The Balaban J connectivity index is 2.16. The number of aromatic nitrogens is 2. The molecule has 0 radical (unpaired) electrons. The molecule has 19 heavy (non-hydrogen) atoms. The molecule has 0 atom stereocenters. The fraction of sp³-hybridized carbons (Fsp3) is 0.333. The molecule has 0 bridgehead atoms. The Labute approximate surface area is 113 Å². The van der Waals surface area contributed by atoms with Crippen LogP contribution in [-0.4, -0.2) is 17.1 Å². The highest BCUT2D eigenvalue weighted by Gasteiger charge is 2.02. The van der Waals surface area contributed by atoms with Crippen molar-refractivity contribution in [1.82, 2.24) is 9.97 Å². The maximum Gasteiger partial charge on any atom is 0.156 e. The fourth-order valence-electron chi connectivity index (χ4n) is 1.79. The molecule has 1 aromatic carbocycles. The van der Waals surface area contributed by atoms with E-state index in [1.807, 2.05) is 12.1 Å². The largest absolute Gasteiger partial charge is 0.377 e. The molecule has 0 aliphatic rings. The van der Waals surface area contributed by atoms with E-state index in [0.717, 1.165) is 11.5 Å². The second-order valence-corrected chi connectivity index (χ2v) is 4.70. The second kappa shape index (κ2) is 6.29. The van der Waals surface area contributed by atoms with Crippen LogP contribution in [0.1, 0.15) is 31.2 Å². The SMILES string of the molecule is COCc1nccc(Nc2cccc(C(C)C)c2)n1. The van der Waals surface area contributed by atoms with Crippen LogP contribution in [0.15, 0.2) is 36.5 Å². The van der Waals surface area contributed by atoms with Gasteiger partial charge in [0.2, 0.25) is 0 Å². The minimum atomic E-state index is 0.418. The van der Waals surface area contributed by atoms with Crippen molar-refractivity contribution in [1.29, 1.82) is 0 Å². The van der Waals surface area contributed by atoms with Gasteiger partial charge < -0.3 is 10.1 Å². The number of nitrogens with zero attached hydrogens (tertiary/aromatic N) is 2. The average molecular weight is 257 g/mol. The van der Waals surface area contributed by atoms with E-state index in [1.54, 1.807) is 13.3 Å². The molecule has 100 valence electrons. The van der Waals surface area contributed by atoms with Crippen molar-refractivity contribution in [3.63, 3.8) is 0 Å². The molecule has 0 aliphatic heterocycles. The molecule has 4 heteroatoms. The third-order valence-corrected chi connectivity index (χ3v) is 2.80. The van der Waals surface area contributed by atoms with Crippen LogP contribution in [0.25, 0.3) is 0 Å². The summed E-state index contributed by atoms with van der Waals surface area (Å²) < 4.78 is 5.03. The highest BCUT2D eigenvalue weighted by Crippen LogP contribution is 2.20. The lowest BCUT2D eigenvalue weighted by molar-refractivity contribution is 0.178. The first-order valence-corrected chi connectivity index (χ1v) is 6.37. The van der Waals surface area contributed by atoms with Gasteiger partial charge in [-0.1, -0.05) is 26.0 Å². The van der Waals surface area contributed by atoms with Crippen LogP contribution in [0.3, 0.4) is 0 Å². The summed E-state index contributed by atoms with van der Waals surface area (Å²) in [7, 11) is 1.63. The first kappa shape index (κ1) is 13.5. The number of hydrogen-bond donors (Lipinski definition) is 1. The van der Waals surface area contributed by atoms with Crippen molar-refractivity contribution in [3.05, 3.63) is 47.9 Å². The van der Waals surface area contributed by atoms with Gasteiger partial charge >= 0.3 is 0 Å². The first-order valence-electron chi connectivity index (χ1n) is 6.37. The standard InChI is InChI=1S/C15H19N3O/c1-11(2)12-5-4-6-13(9-12)17-14-7-8-16-15(18-14)10-19-3/h4-9,11H,10H2,1-3H3,(H,16,17,18). The Morgan fingerprint density at radius 3 is 2.84 bits per heavy atom. The van der Waals surface area contributed by atoms with Crippen molar-refractivity contribution in [2.24, 2.45) is 0 Å². The topological polar surface area (TPSA) is 47.0 Å². The van der Waals surface area contributed by atoms with Crippen LogP contribution >= 0.6 is 0 Å². The summed E-state index contributed by atoms with van der Waals surface area (Å²) in [6, 6.07) is 10.2. The quantitative estimate of drug-likeness (QED) is 0.890. The second-order valence-electron chi connectivity index (χ2n) is 4.70. The zero-order valence-electron chi connectivity index (χ0n) is 11.6. The zero-order valence-corrected chi connectivity index (χ0v) is 11.6. The lowest BCUT2D eigenvalue weighted by atomic mass is 10.0. The summed E-state index contributed by atoms with van der Waals surface area (Å²) in [5, 5.41) is 3.29. The molecule has 4 nitrogen and oxygen atoms in total. The summed E-state index contributed by atoms with van der Waals surface area (Å²) in [5.74, 6) is 1.96.